The van der Waals surface area contributed by atoms with Crippen LogP contribution in [0.2, 0.25) is 0 Å². The maximum Gasteiger partial charge on any atom is 0.224 e. The van der Waals surface area contributed by atoms with Crippen molar-refractivity contribution in [2.45, 2.75) is 20.0 Å². The quantitative estimate of drug-likeness (QED) is 0.363. The molecule has 22 heavy (non-hydrogen) atoms. The van der Waals surface area contributed by atoms with Crippen LogP contribution in [0.4, 0.5) is 8.78 Å². The minimum absolute atomic E-state index is 0.0769. The third-order valence-electron chi connectivity index (χ3n) is 2.51. The first-order valence-electron chi connectivity index (χ1n) is 6.04. The third kappa shape index (κ3) is 5.16. The van der Waals surface area contributed by atoms with Gasteiger partial charge in [0.1, 0.15) is 0 Å². The lowest BCUT2D eigenvalue weighted by Crippen LogP contribution is -2.02. The number of carbonyl (C=O) groups excluding carboxylic acids is 1. The first-order chi connectivity index (χ1) is 10.3. The zero-order valence-corrected chi connectivity index (χ0v) is 16.0. The molecule has 0 aliphatic heterocycles. The van der Waals surface area contributed by atoms with Crippen molar-refractivity contribution in [3.05, 3.63) is 54.7 Å². The van der Waals surface area contributed by atoms with Crippen LogP contribution in [0.5, 0.6) is 0 Å². The Hall–Kier alpha value is -0.750. The van der Waals surface area contributed by atoms with Crippen molar-refractivity contribution in [2.75, 3.05) is 0 Å². The maximum absolute atomic E-state index is 12.8. The zero-order chi connectivity index (χ0) is 16.9. The predicted molar refractivity (Wildman–Crippen MR) is 94.5 cm³/mol. The van der Waals surface area contributed by atoms with Crippen molar-refractivity contribution in [1.82, 2.24) is 9.97 Å². The van der Waals surface area contributed by atoms with Crippen LogP contribution < -0.4 is 0 Å². The monoisotopic (exact) mass is 532 g/mol. The topological polar surface area (TPSA) is 63.1 Å². The number of aromatic nitrogens is 2. The van der Waals surface area contributed by atoms with E-state index in [9.17, 15) is 13.6 Å². The number of pyridine rings is 2. The Morgan fingerprint density at radius 1 is 1.14 bits per heavy atom. The largest absolute Gasteiger partial charge is 0.388 e. The number of Topliss-reactive ketones (excluding diaryl/α,β-unsaturated/α-hetero) is 1. The molecule has 0 saturated heterocycles. The molecule has 2 rings (SSSR count). The summed E-state index contributed by atoms with van der Waals surface area (Å²) in [5, 5.41) is 9.10. The van der Waals surface area contributed by atoms with Crippen LogP contribution in [-0.4, -0.2) is 20.9 Å². The van der Waals surface area contributed by atoms with E-state index < -0.39 is 18.0 Å². The van der Waals surface area contributed by atoms with Gasteiger partial charge in [-0.05, 0) is 71.2 Å². The second-order valence-electron chi connectivity index (χ2n) is 4.19. The smallest absolute Gasteiger partial charge is 0.224 e. The highest BCUT2D eigenvalue weighted by atomic mass is 127. The highest BCUT2D eigenvalue weighted by Crippen LogP contribution is 2.20. The van der Waals surface area contributed by atoms with Crippen LogP contribution in [0, 0.1) is 19.0 Å². The Morgan fingerprint density at radius 2 is 1.64 bits per heavy atom. The van der Waals surface area contributed by atoms with Crippen LogP contribution in [0.15, 0.2) is 24.5 Å². The van der Waals surface area contributed by atoms with E-state index >= 15 is 0 Å². The summed E-state index contributed by atoms with van der Waals surface area (Å²) in [6.45, 7) is 2.84. The molecule has 0 fully saturated rings. The lowest BCUT2D eigenvalue weighted by atomic mass is 10.2. The van der Waals surface area contributed by atoms with Gasteiger partial charge in [0.2, 0.25) is 11.9 Å². The van der Waals surface area contributed by atoms with Crippen molar-refractivity contribution < 1.29 is 18.7 Å². The van der Waals surface area contributed by atoms with E-state index in [2.05, 4.69) is 9.97 Å². The maximum atomic E-state index is 12.8. The normalized spacial score (nSPS) is 11.4. The molecular weight excluding hydrogens is 520 g/mol. The Kier molecular flexibility index (Phi) is 7.69. The highest BCUT2D eigenvalue weighted by Gasteiger charge is 2.12. The minimum Gasteiger partial charge on any atom is -0.388 e. The fourth-order valence-electron chi connectivity index (χ4n) is 1.53. The molecule has 1 atom stereocenters. The number of nitrogens with zero attached hydrogens (tertiary/aromatic N) is 2. The molecule has 2 aromatic heterocycles. The summed E-state index contributed by atoms with van der Waals surface area (Å²) in [4.78, 5) is 17.6. The summed E-state index contributed by atoms with van der Waals surface area (Å²) in [6.07, 6.45) is 1.92. The fourth-order valence-corrected chi connectivity index (χ4v) is 3.12. The third-order valence-corrected chi connectivity index (χ3v) is 4.35. The van der Waals surface area contributed by atoms with Crippen molar-refractivity contribution in [3.8, 4) is 0 Å². The molecule has 1 unspecified atom stereocenters. The molecule has 0 aliphatic rings. The SMILES string of the molecule is CC(=O)c1c(I)ccnc1F.CC(O)c1c(I)ccnc1F. The molecule has 2 aromatic rings. The molecule has 4 nitrogen and oxygen atoms in total. The molecule has 1 N–H and O–H groups in total. The van der Waals surface area contributed by atoms with Crippen LogP contribution >= 0.6 is 45.2 Å². The molecule has 118 valence electrons. The van der Waals surface area contributed by atoms with Gasteiger partial charge in [-0.2, -0.15) is 8.78 Å². The van der Waals surface area contributed by atoms with Gasteiger partial charge in [-0.1, -0.05) is 0 Å². The van der Waals surface area contributed by atoms with Gasteiger partial charge in [0, 0.05) is 25.1 Å². The van der Waals surface area contributed by atoms with E-state index in [0.29, 0.717) is 7.14 Å². The van der Waals surface area contributed by atoms with E-state index in [4.69, 9.17) is 5.11 Å². The molecule has 0 aliphatic carbocycles. The van der Waals surface area contributed by atoms with Gasteiger partial charge >= 0.3 is 0 Å². The number of hydrogen-bond acceptors (Lipinski definition) is 4. The van der Waals surface area contributed by atoms with E-state index in [0.717, 1.165) is 0 Å². The molecule has 0 amide bonds. The lowest BCUT2D eigenvalue weighted by Gasteiger charge is -2.06. The molecule has 0 radical (unpaired) electrons. The van der Waals surface area contributed by atoms with Gasteiger partial charge < -0.3 is 5.11 Å². The highest BCUT2D eigenvalue weighted by molar-refractivity contribution is 14.1. The van der Waals surface area contributed by atoms with Gasteiger partial charge in [-0.15, -0.1) is 0 Å². The minimum atomic E-state index is -0.796. The second-order valence-corrected chi connectivity index (χ2v) is 6.51. The molecule has 0 saturated carbocycles. The Morgan fingerprint density at radius 3 is 1.95 bits per heavy atom. The van der Waals surface area contributed by atoms with E-state index in [1.165, 1.54) is 26.2 Å². The number of aliphatic hydroxyl groups is 1. The lowest BCUT2D eigenvalue weighted by molar-refractivity contribution is 0.101. The molecule has 0 spiro atoms. The van der Waals surface area contributed by atoms with Gasteiger partial charge in [0.15, 0.2) is 5.78 Å². The van der Waals surface area contributed by atoms with E-state index in [-0.39, 0.29) is 16.9 Å². The molecule has 2 heterocycles. The summed E-state index contributed by atoms with van der Waals surface area (Å²) in [5.74, 6) is -1.57. The summed E-state index contributed by atoms with van der Waals surface area (Å²) < 4.78 is 26.9. The summed E-state index contributed by atoms with van der Waals surface area (Å²) in [6, 6.07) is 3.26. The first kappa shape index (κ1) is 19.3. The van der Waals surface area contributed by atoms with Crippen LogP contribution in [0.3, 0.4) is 0 Å². The number of halogens is 4. The van der Waals surface area contributed by atoms with E-state index in [1.807, 2.05) is 45.2 Å². The van der Waals surface area contributed by atoms with Gasteiger partial charge in [0.25, 0.3) is 0 Å². The summed E-state index contributed by atoms with van der Waals surface area (Å²) >= 11 is 3.86. The predicted octanol–water partition coefficient (Wildman–Crippen LogP) is 3.91. The van der Waals surface area contributed by atoms with E-state index in [1.54, 1.807) is 12.1 Å². The van der Waals surface area contributed by atoms with Gasteiger partial charge in [-0.25, -0.2) is 9.97 Å². The average molecular weight is 532 g/mol. The Balaban J connectivity index is 0.000000220. The first-order valence-corrected chi connectivity index (χ1v) is 8.20. The van der Waals surface area contributed by atoms with Gasteiger partial charge in [-0.3, -0.25) is 4.79 Å². The molecule has 8 heteroatoms. The fraction of sp³-hybridized carbons (Fsp3) is 0.214. The number of rotatable bonds is 2. The Bertz CT molecular complexity index is 641. The number of hydrogen-bond donors (Lipinski definition) is 1. The zero-order valence-electron chi connectivity index (χ0n) is 11.6. The number of ketones is 1. The molecule has 0 bridgehead atoms. The second kappa shape index (κ2) is 8.77. The molecular formula is C14H12F2I2N2O2. The van der Waals surface area contributed by atoms with Crippen molar-refractivity contribution in [1.29, 1.82) is 0 Å². The van der Waals surface area contributed by atoms with Gasteiger partial charge in [0.05, 0.1) is 11.7 Å². The summed E-state index contributed by atoms with van der Waals surface area (Å²) in [5.41, 5.74) is 0.348. The number of aliphatic hydroxyl groups excluding tert-OH is 1. The summed E-state index contributed by atoms with van der Waals surface area (Å²) in [7, 11) is 0. The molecule has 0 aromatic carbocycles. The average Bonchev–Trinajstić information content (AvgIpc) is 2.38. The van der Waals surface area contributed by atoms with Crippen molar-refractivity contribution >= 4 is 51.0 Å². The van der Waals surface area contributed by atoms with Crippen LogP contribution in [0.1, 0.15) is 35.9 Å². The standard InChI is InChI=1S/C7H7FINO.C7H5FINO/c2*1-4(11)6-5(9)2-3-10-7(6)8/h2-4,11H,1H3;2-3H,1H3. The number of carbonyl (C=O) groups is 1. The Labute approximate surface area is 153 Å². The van der Waals surface area contributed by atoms with Crippen LogP contribution in [-0.2, 0) is 0 Å². The van der Waals surface area contributed by atoms with Crippen LogP contribution in [0.25, 0.3) is 0 Å². The van der Waals surface area contributed by atoms with Crippen molar-refractivity contribution in [3.63, 3.8) is 0 Å². The van der Waals surface area contributed by atoms with Crippen molar-refractivity contribution in [2.24, 2.45) is 0 Å².